The van der Waals surface area contributed by atoms with E-state index in [2.05, 4.69) is 0 Å². The van der Waals surface area contributed by atoms with Gasteiger partial charge in [-0.25, -0.2) is 4.79 Å². The summed E-state index contributed by atoms with van der Waals surface area (Å²) in [7, 11) is 0. The molecule has 2 aliphatic rings. The standard InChI is InChI=1S/C30H32O7/c1-2-32-29(31)28-27(34-19-22-14-8-4-9-15-22)26(33-18-21-12-6-3-7-13-21)25-24(36-28)20-35-30(37-25)23-16-10-5-11-17-23/h3-17,24-28,30H,2,18-20H2,1H3/t24-,25?,26+,27-,28-,30?/m1/s1. The van der Waals surface area contributed by atoms with Crippen LogP contribution < -0.4 is 0 Å². The molecule has 7 nitrogen and oxygen atoms in total. The molecule has 0 bridgehead atoms. The number of carbonyl (C=O) groups excluding carboxylic acids is 1. The summed E-state index contributed by atoms with van der Waals surface area (Å²) in [5.74, 6) is -0.488. The lowest BCUT2D eigenvalue weighted by Gasteiger charge is -2.48. The van der Waals surface area contributed by atoms with Crippen LogP contribution in [0.25, 0.3) is 0 Å². The Balaban J connectivity index is 1.43. The molecule has 0 amide bonds. The molecule has 2 fully saturated rings. The van der Waals surface area contributed by atoms with Crippen molar-refractivity contribution in [2.45, 2.75) is 56.9 Å². The molecule has 0 spiro atoms. The van der Waals surface area contributed by atoms with Crippen molar-refractivity contribution in [2.24, 2.45) is 0 Å². The molecule has 3 aromatic rings. The number of carbonyl (C=O) groups is 1. The van der Waals surface area contributed by atoms with Crippen molar-refractivity contribution in [2.75, 3.05) is 13.2 Å². The molecule has 0 radical (unpaired) electrons. The van der Waals surface area contributed by atoms with Crippen LogP contribution in [-0.2, 0) is 46.4 Å². The van der Waals surface area contributed by atoms with Crippen molar-refractivity contribution in [3.05, 3.63) is 108 Å². The van der Waals surface area contributed by atoms with Gasteiger partial charge in [-0.15, -0.1) is 0 Å². The van der Waals surface area contributed by atoms with E-state index in [-0.39, 0.29) is 19.8 Å². The third-order valence-corrected chi connectivity index (χ3v) is 6.49. The summed E-state index contributed by atoms with van der Waals surface area (Å²) < 4.78 is 36.9. The molecular formula is C30H32O7. The summed E-state index contributed by atoms with van der Waals surface area (Å²) in [6.45, 7) is 2.86. The van der Waals surface area contributed by atoms with Crippen LogP contribution >= 0.6 is 0 Å². The maximum atomic E-state index is 13.0. The number of benzene rings is 3. The normalized spacial score (nSPS) is 27.3. The van der Waals surface area contributed by atoms with E-state index in [1.165, 1.54) is 0 Å². The molecule has 3 aromatic carbocycles. The zero-order chi connectivity index (χ0) is 25.5. The third kappa shape index (κ3) is 6.26. The van der Waals surface area contributed by atoms with Gasteiger partial charge in [0.25, 0.3) is 0 Å². The van der Waals surface area contributed by atoms with Gasteiger partial charge in [0, 0.05) is 5.56 Å². The van der Waals surface area contributed by atoms with Crippen molar-refractivity contribution in [3.8, 4) is 0 Å². The van der Waals surface area contributed by atoms with Gasteiger partial charge in [-0.1, -0.05) is 91.0 Å². The lowest BCUT2D eigenvalue weighted by atomic mass is 9.93. The molecule has 0 aliphatic carbocycles. The van der Waals surface area contributed by atoms with Gasteiger partial charge >= 0.3 is 5.97 Å². The van der Waals surface area contributed by atoms with Gasteiger partial charge in [0.05, 0.1) is 26.4 Å². The SMILES string of the molecule is CCOC(=O)[C@@H]1O[C@@H]2COC(c3ccccc3)OC2[C@H](OCc2ccccc2)[C@H]1OCc1ccccc1. The van der Waals surface area contributed by atoms with Gasteiger partial charge in [-0.3, -0.25) is 0 Å². The van der Waals surface area contributed by atoms with Gasteiger partial charge in [-0.2, -0.15) is 0 Å². The van der Waals surface area contributed by atoms with E-state index in [9.17, 15) is 4.79 Å². The molecule has 194 valence electrons. The summed E-state index contributed by atoms with van der Waals surface area (Å²) in [4.78, 5) is 13.0. The molecule has 6 atom stereocenters. The Morgan fingerprint density at radius 1 is 0.784 bits per heavy atom. The summed E-state index contributed by atoms with van der Waals surface area (Å²) >= 11 is 0. The van der Waals surface area contributed by atoms with E-state index < -0.39 is 42.8 Å². The minimum atomic E-state index is -0.980. The highest BCUT2D eigenvalue weighted by Gasteiger charge is 2.53. The quantitative estimate of drug-likeness (QED) is 0.394. The van der Waals surface area contributed by atoms with Crippen LogP contribution in [0.4, 0.5) is 0 Å². The lowest BCUT2D eigenvalue weighted by Crippen LogP contribution is -2.64. The summed E-state index contributed by atoms with van der Waals surface area (Å²) in [6, 6.07) is 29.4. The smallest absolute Gasteiger partial charge is 0.338 e. The number of rotatable bonds is 9. The first-order chi connectivity index (χ1) is 18.2. The van der Waals surface area contributed by atoms with E-state index in [1.54, 1.807) is 6.92 Å². The van der Waals surface area contributed by atoms with Crippen molar-refractivity contribution in [1.82, 2.24) is 0 Å². The fourth-order valence-electron chi connectivity index (χ4n) is 4.68. The van der Waals surface area contributed by atoms with Gasteiger partial charge in [-0.05, 0) is 18.1 Å². The Hall–Kier alpha value is -3.07. The lowest BCUT2D eigenvalue weighted by molar-refractivity contribution is -0.337. The van der Waals surface area contributed by atoms with E-state index in [0.29, 0.717) is 6.61 Å². The van der Waals surface area contributed by atoms with Crippen molar-refractivity contribution >= 4 is 5.97 Å². The highest BCUT2D eigenvalue weighted by Crippen LogP contribution is 2.37. The molecule has 2 saturated heterocycles. The number of esters is 1. The van der Waals surface area contributed by atoms with Crippen LogP contribution in [0.2, 0.25) is 0 Å². The largest absolute Gasteiger partial charge is 0.464 e. The van der Waals surface area contributed by atoms with Crippen LogP contribution in [0.1, 0.15) is 29.9 Å². The molecule has 2 aliphatic heterocycles. The van der Waals surface area contributed by atoms with Crippen molar-refractivity contribution in [1.29, 1.82) is 0 Å². The van der Waals surface area contributed by atoms with Crippen molar-refractivity contribution < 1.29 is 33.2 Å². The van der Waals surface area contributed by atoms with Crippen molar-refractivity contribution in [3.63, 3.8) is 0 Å². The molecule has 0 aromatic heterocycles. The topological polar surface area (TPSA) is 72.5 Å². The molecule has 37 heavy (non-hydrogen) atoms. The minimum Gasteiger partial charge on any atom is -0.464 e. The van der Waals surface area contributed by atoms with Crippen LogP contribution in [-0.4, -0.2) is 49.7 Å². The van der Waals surface area contributed by atoms with Crippen LogP contribution in [0.15, 0.2) is 91.0 Å². The highest BCUT2D eigenvalue weighted by molar-refractivity contribution is 5.76. The maximum absolute atomic E-state index is 13.0. The van der Waals surface area contributed by atoms with Crippen LogP contribution in [0.3, 0.4) is 0 Å². The zero-order valence-electron chi connectivity index (χ0n) is 20.8. The van der Waals surface area contributed by atoms with Gasteiger partial charge in [0.2, 0.25) is 0 Å². The van der Waals surface area contributed by atoms with E-state index >= 15 is 0 Å². The van der Waals surface area contributed by atoms with E-state index in [0.717, 1.165) is 16.7 Å². The Morgan fingerprint density at radius 3 is 1.95 bits per heavy atom. The number of fused-ring (bicyclic) bond motifs is 1. The minimum absolute atomic E-state index is 0.233. The molecule has 2 unspecified atom stereocenters. The van der Waals surface area contributed by atoms with Gasteiger partial charge < -0.3 is 28.4 Å². The fraction of sp³-hybridized carbons (Fsp3) is 0.367. The van der Waals surface area contributed by atoms with E-state index in [4.69, 9.17) is 28.4 Å². The molecule has 2 heterocycles. The average Bonchev–Trinajstić information content (AvgIpc) is 2.96. The maximum Gasteiger partial charge on any atom is 0.338 e. The summed E-state index contributed by atoms with van der Waals surface area (Å²) in [6.07, 6.45) is -3.96. The first kappa shape index (κ1) is 25.6. The van der Waals surface area contributed by atoms with Crippen LogP contribution in [0, 0.1) is 0 Å². The van der Waals surface area contributed by atoms with Gasteiger partial charge in [0.1, 0.15) is 24.4 Å². The molecular weight excluding hydrogens is 472 g/mol. The summed E-state index contributed by atoms with van der Waals surface area (Å²) in [5.41, 5.74) is 2.88. The molecule has 7 heteroatoms. The molecule has 0 N–H and O–H groups in total. The zero-order valence-corrected chi connectivity index (χ0v) is 20.8. The number of hydrogen-bond donors (Lipinski definition) is 0. The van der Waals surface area contributed by atoms with E-state index in [1.807, 2.05) is 91.0 Å². The Bertz CT molecular complexity index is 1110. The second-order valence-corrected chi connectivity index (χ2v) is 9.05. The third-order valence-electron chi connectivity index (χ3n) is 6.49. The highest BCUT2D eigenvalue weighted by atomic mass is 16.7. The Labute approximate surface area is 217 Å². The predicted octanol–water partition coefficient (Wildman–Crippen LogP) is 4.60. The second kappa shape index (κ2) is 12.4. The second-order valence-electron chi connectivity index (χ2n) is 9.05. The molecule has 0 saturated carbocycles. The van der Waals surface area contributed by atoms with Crippen LogP contribution in [0.5, 0.6) is 0 Å². The number of hydrogen-bond acceptors (Lipinski definition) is 7. The molecule has 5 rings (SSSR count). The Kier molecular flexibility index (Phi) is 8.61. The first-order valence-electron chi connectivity index (χ1n) is 12.7. The predicted molar refractivity (Wildman–Crippen MR) is 135 cm³/mol. The number of ether oxygens (including phenoxy) is 6. The summed E-state index contributed by atoms with van der Waals surface area (Å²) in [5, 5.41) is 0. The monoisotopic (exact) mass is 504 g/mol. The Morgan fingerprint density at radius 2 is 1.35 bits per heavy atom. The first-order valence-corrected chi connectivity index (χ1v) is 12.7. The average molecular weight is 505 g/mol. The fourth-order valence-corrected chi connectivity index (χ4v) is 4.68. The van der Waals surface area contributed by atoms with Gasteiger partial charge in [0.15, 0.2) is 12.4 Å².